The number of H-pyrrole nitrogens is 1. The smallest absolute Gasteiger partial charge is 0.255 e. The molecule has 20 heavy (non-hydrogen) atoms. The van der Waals surface area contributed by atoms with Crippen molar-refractivity contribution in [2.45, 2.75) is 26.8 Å². The molecule has 2 aromatic rings. The molecule has 0 spiro atoms. The number of nitrogens with zero attached hydrogens (tertiary/aromatic N) is 1. The summed E-state index contributed by atoms with van der Waals surface area (Å²) < 4.78 is 0. The molecule has 0 aliphatic rings. The zero-order valence-electron chi connectivity index (χ0n) is 11.7. The van der Waals surface area contributed by atoms with Gasteiger partial charge >= 0.3 is 0 Å². The number of hydrogen-bond donors (Lipinski definition) is 3. The van der Waals surface area contributed by atoms with E-state index in [0.717, 1.165) is 5.56 Å². The number of rotatable bonds is 5. The van der Waals surface area contributed by atoms with Crippen molar-refractivity contribution in [3.63, 3.8) is 0 Å². The van der Waals surface area contributed by atoms with Crippen LogP contribution >= 0.6 is 0 Å². The minimum absolute atomic E-state index is 0.0538. The second kappa shape index (κ2) is 6.34. The summed E-state index contributed by atoms with van der Waals surface area (Å²) in [6.45, 7) is 4.36. The average Bonchev–Trinajstić information content (AvgIpc) is 2.42. The summed E-state index contributed by atoms with van der Waals surface area (Å²) >= 11 is 0. The van der Waals surface area contributed by atoms with Crippen molar-refractivity contribution in [3.05, 3.63) is 57.0 Å². The second-order valence-corrected chi connectivity index (χ2v) is 4.79. The van der Waals surface area contributed by atoms with E-state index < -0.39 is 0 Å². The van der Waals surface area contributed by atoms with Gasteiger partial charge in [-0.05, 0) is 19.4 Å². The molecular formula is C15H19N3O2. The van der Waals surface area contributed by atoms with E-state index in [1.54, 1.807) is 6.92 Å². The number of nitrogens with one attached hydrogen (secondary N) is 2. The highest BCUT2D eigenvalue weighted by atomic mass is 16.3. The van der Waals surface area contributed by atoms with Gasteiger partial charge in [0.05, 0.1) is 5.69 Å². The Balaban J connectivity index is 2.10. The number of aromatic amines is 1. The van der Waals surface area contributed by atoms with Crippen LogP contribution < -0.4 is 10.9 Å². The quantitative estimate of drug-likeness (QED) is 0.772. The van der Waals surface area contributed by atoms with Gasteiger partial charge in [0, 0.05) is 25.1 Å². The third-order valence-corrected chi connectivity index (χ3v) is 3.16. The second-order valence-electron chi connectivity index (χ2n) is 4.79. The van der Waals surface area contributed by atoms with Crippen molar-refractivity contribution in [1.29, 1.82) is 0 Å². The lowest BCUT2D eigenvalue weighted by Gasteiger charge is -2.08. The lowest BCUT2D eigenvalue weighted by atomic mass is 10.1. The van der Waals surface area contributed by atoms with Crippen LogP contribution in [0.1, 0.15) is 22.4 Å². The number of aromatic nitrogens is 2. The Hall–Kier alpha value is -2.14. The van der Waals surface area contributed by atoms with Crippen molar-refractivity contribution >= 4 is 5.95 Å². The molecular weight excluding hydrogens is 254 g/mol. The Morgan fingerprint density at radius 1 is 1.25 bits per heavy atom. The summed E-state index contributed by atoms with van der Waals surface area (Å²) in [6.07, 6.45) is 0.326. The van der Waals surface area contributed by atoms with Gasteiger partial charge in [0.25, 0.3) is 5.56 Å². The normalized spacial score (nSPS) is 10.6. The van der Waals surface area contributed by atoms with E-state index in [1.807, 2.05) is 31.2 Å². The minimum Gasteiger partial charge on any atom is -0.396 e. The fourth-order valence-electron chi connectivity index (χ4n) is 1.99. The van der Waals surface area contributed by atoms with Crippen molar-refractivity contribution in [3.8, 4) is 0 Å². The van der Waals surface area contributed by atoms with Crippen LogP contribution in [0.3, 0.4) is 0 Å². The van der Waals surface area contributed by atoms with E-state index in [-0.39, 0.29) is 12.2 Å². The Kier molecular flexibility index (Phi) is 4.53. The molecule has 0 saturated heterocycles. The van der Waals surface area contributed by atoms with Crippen LogP contribution in [0.4, 0.5) is 5.95 Å². The highest BCUT2D eigenvalue weighted by molar-refractivity contribution is 5.31. The van der Waals surface area contributed by atoms with Gasteiger partial charge in [0.15, 0.2) is 0 Å². The van der Waals surface area contributed by atoms with Crippen molar-refractivity contribution in [1.82, 2.24) is 9.97 Å². The molecule has 0 saturated carbocycles. The molecule has 1 aromatic heterocycles. The molecule has 3 N–H and O–H groups in total. The van der Waals surface area contributed by atoms with Gasteiger partial charge < -0.3 is 10.4 Å². The predicted octanol–water partition coefficient (Wildman–Crippen LogP) is 1.53. The van der Waals surface area contributed by atoms with E-state index in [2.05, 4.69) is 15.3 Å². The first kappa shape index (κ1) is 14.3. The zero-order valence-corrected chi connectivity index (χ0v) is 11.7. The third kappa shape index (κ3) is 3.45. The molecule has 0 aliphatic heterocycles. The monoisotopic (exact) mass is 273 g/mol. The first-order valence-electron chi connectivity index (χ1n) is 6.60. The predicted molar refractivity (Wildman–Crippen MR) is 78.9 cm³/mol. The SMILES string of the molecule is Cc1ccc(CNc2nc(C)c(CCO)c(=O)[nH]2)cc1. The van der Waals surface area contributed by atoms with E-state index in [1.165, 1.54) is 5.56 Å². The number of aryl methyl sites for hydroxylation is 2. The van der Waals surface area contributed by atoms with Gasteiger partial charge in [-0.2, -0.15) is 0 Å². The zero-order chi connectivity index (χ0) is 14.5. The number of anilines is 1. The van der Waals surface area contributed by atoms with E-state index in [4.69, 9.17) is 5.11 Å². The van der Waals surface area contributed by atoms with Crippen molar-refractivity contribution < 1.29 is 5.11 Å². The molecule has 1 heterocycles. The number of aliphatic hydroxyl groups is 1. The lowest BCUT2D eigenvalue weighted by Crippen LogP contribution is -2.20. The number of benzene rings is 1. The molecule has 5 nitrogen and oxygen atoms in total. The molecule has 1 aromatic carbocycles. The molecule has 0 fully saturated rings. The van der Waals surface area contributed by atoms with Crippen LogP contribution in [-0.4, -0.2) is 21.7 Å². The van der Waals surface area contributed by atoms with E-state index in [0.29, 0.717) is 30.2 Å². The van der Waals surface area contributed by atoms with Crippen LogP contribution in [0.15, 0.2) is 29.1 Å². The molecule has 0 aliphatic carbocycles. The average molecular weight is 273 g/mol. The Morgan fingerprint density at radius 2 is 1.95 bits per heavy atom. The summed E-state index contributed by atoms with van der Waals surface area (Å²) in [7, 11) is 0. The fraction of sp³-hybridized carbons (Fsp3) is 0.333. The Bertz CT molecular complexity index is 633. The summed E-state index contributed by atoms with van der Waals surface area (Å²) in [5.41, 5.74) is 3.32. The Labute approximate surface area is 117 Å². The summed E-state index contributed by atoms with van der Waals surface area (Å²) in [4.78, 5) is 18.9. The van der Waals surface area contributed by atoms with Crippen LogP contribution in [0.5, 0.6) is 0 Å². The molecule has 5 heteroatoms. The fourth-order valence-corrected chi connectivity index (χ4v) is 1.99. The van der Waals surface area contributed by atoms with Crippen molar-refractivity contribution in [2.24, 2.45) is 0 Å². The van der Waals surface area contributed by atoms with Gasteiger partial charge in [-0.25, -0.2) is 4.98 Å². The van der Waals surface area contributed by atoms with E-state index in [9.17, 15) is 4.79 Å². The first-order chi connectivity index (χ1) is 9.60. The summed E-state index contributed by atoms with van der Waals surface area (Å²) in [5.74, 6) is 0.453. The minimum atomic E-state index is -0.196. The maximum atomic E-state index is 11.9. The van der Waals surface area contributed by atoms with Crippen LogP contribution in [0.2, 0.25) is 0 Å². The lowest BCUT2D eigenvalue weighted by molar-refractivity contribution is 0.298. The van der Waals surface area contributed by atoms with Crippen LogP contribution in [-0.2, 0) is 13.0 Å². The van der Waals surface area contributed by atoms with Gasteiger partial charge in [-0.1, -0.05) is 29.8 Å². The maximum absolute atomic E-state index is 11.9. The number of aliphatic hydroxyl groups excluding tert-OH is 1. The standard InChI is InChI=1S/C15H19N3O2/c1-10-3-5-12(6-4-10)9-16-15-17-11(2)13(7-8-19)14(20)18-15/h3-6,19H,7-9H2,1-2H3,(H2,16,17,18,20). The first-order valence-corrected chi connectivity index (χ1v) is 6.60. The number of hydrogen-bond acceptors (Lipinski definition) is 4. The highest BCUT2D eigenvalue weighted by Crippen LogP contribution is 2.07. The van der Waals surface area contributed by atoms with E-state index >= 15 is 0 Å². The summed E-state index contributed by atoms with van der Waals surface area (Å²) in [6, 6.07) is 8.16. The topological polar surface area (TPSA) is 78.0 Å². The maximum Gasteiger partial charge on any atom is 0.255 e. The molecule has 0 unspecified atom stereocenters. The van der Waals surface area contributed by atoms with Crippen LogP contribution in [0, 0.1) is 13.8 Å². The molecule has 0 radical (unpaired) electrons. The van der Waals surface area contributed by atoms with Gasteiger partial charge in [0.2, 0.25) is 5.95 Å². The Morgan fingerprint density at radius 3 is 2.55 bits per heavy atom. The molecule has 106 valence electrons. The largest absolute Gasteiger partial charge is 0.396 e. The molecule has 0 bridgehead atoms. The third-order valence-electron chi connectivity index (χ3n) is 3.16. The summed E-state index contributed by atoms with van der Waals surface area (Å²) in [5, 5.41) is 12.0. The molecule has 0 atom stereocenters. The van der Waals surface area contributed by atoms with Crippen LogP contribution in [0.25, 0.3) is 0 Å². The van der Waals surface area contributed by atoms with Crippen molar-refractivity contribution in [2.75, 3.05) is 11.9 Å². The van der Waals surface area contributed by atoms with Gasteiger partial charge in [0.1, 0.15) is 0 Å². The molecule has 2 rings (SSSR count). The molecule has 0 amide bonds. The van der Waals surface area contributed by atoms with Gasteiger partial charge in [-0.3, -0.25) is 9.78 Å². The van der Waals surface area contributed by atoms with Gasteiger partial charge in [-0.15, -0.1) is 0 Å². The highest BCUT2D eigenvalue weighted by Gasteiger charge is 2.07.